The molecule has 4 rings (SSSR count). The summed E-state index contributed by atoms with van der Waals surface area (Å²) >= 11 is 0. The number of carbonyl (C=O) groups excluding carboxylic acids is 1. The number of hydrogen-bond acceptors (Lipinski definition) is 2. The van der Waals surface area contributed by atoms with E-state index in [9.17, 15) is 9.18 Å². The Morgan fingerprint density at radius 1 is 0.808 bits per heavy atom. The minimum Gasteiger partial charge on any atom is -0.266 e. The van der Waals surface area contributed by atoms with Gasteiger partial charge in [0.05, 0.1) is 5.69 Å². The van der Waals surface area contributed by atoms with Gasteiger partial charge in [0, 0.05) is 11.1 Å². The highest BCUT2D eigenvalue weighted by Crippen LogP contribution is 2.28. The Hall–Kier alpha value is -3.53. The van der Waals surface area contributed by atoms with E-state index < -0.39 is 0 Å². The molecule has 0 atom stereocenters. The fraction of sp³-hybridized carbons (Fsp3) is 0. The van der Waals surface area contributed by atoms with Crippen LogP contribution in [0.1, 0.15) is 11.1 Å². The van der Waals surface area contributed by atoms with E-state index in [1.54, 1.807) is 23.1 Å². The molecule has 0 N–H and O–H groups in total. The Balaban J connectivity index is 1.84. The van der Waals surface area contributed by atoms with Gasteiger partial charge < -0.3 is 0 Å². The Morgan fingerprint density at radius 2 is 1.42 bits per heavy atom. The van der Waals surface area contributed by atoms with Crippen LogP contribution in [0.15, 0.2) is 95.6 Å². The average Bonchev–Trinajstić information content (AvgIpc) is 3.01. The summed E-state index contributed by atoms with van der Waals surface area (Å²) in [6.45, 7) is 0. The van der Waals surface area contributed by atoms with E-state index in [0.29, 0.717) is 11.4 Å². The molecule has 0 aromatic heterocycles. The van der Waals surface area contributed by atoms with Gasteiger partial charge in [-0.1, -0.05) is 66.7 Å². The van der Waals surface area contributed by atoms with Crippen LogP contribution < -0.4 is 4.90 Å². The summed E-state index contributed by atoms with van der Waals surface area (Å²) in [5, 5.41) is 0. The van der Waals surface area contributed by atoms with Crippen molar-refractivity contribution >= 4 is 23.5 Å². The molecule has 0 unspecified atom stereocenters. The topological polar surface area (TPSA) is 32.7 Å². The number of rotatable bonds is 3. The maximum absolute atomic E-state index is 14.0. The zero-order chi connectivity index (χ0) is 17.9. The van der Waals surface area contributed by atoms with Crippen molar-refractivity contribution in [1.29, 1.82) is 0 Å². The molecular weight excluding hydrogens is 327 g/mol. The normalized spacial score (nSPS) is 15.4. The molecule has 3 nitrogen and oxygen atoms in total. The zero-order valence-corrected chi connectivity index (χ0v) is 13.8. The lowest BCUT2D eigenvalue weighted by atomic mass is 10.1. The van der Waals surface area contributed by atoms with Crippen molar-refractivity contribution in [3.05, 3.63) is 108 Å². The van der Waals surface area contributed by atoms with E-state index in [4.69, 9.17) is 0 Å². The standard InChI is InChI=1S/C22H15FN2O/c23-19-14-8-7-11-17(19)15-20-22(26)25(18-12-5-2-6-13-18)21(24-20)16-9-3-1-4-10-16/h1-15H/b20-15+. The van der Waals surface area contributed by atoms with Crippen molar-refractivity contribution in [2.75, 3.05) is 4.90 Å². The third-order valence-corrected chi connectivity index (χ3v) is 4.10. The number of para-hydroxylation sites is 1. The first-order valence-electron chi connectivity index (χ1n) is 8.24. The van der Waals surface area contributed by atoms with Crippen molar-refractivity contribution in [3.8, 4) is 0 Å². The summed E-state index contributed by atoms with van der Waals surface area (Å²) in [6, 6.07) is 25.1. The van der Waals surface area contributed by atoms with Crippen LogP contribution >= 0.6 is 0 Å². The Morgan fingerprint density at radius 3 is 2.12 bits per heavy atom. The summed E-state index contributed by atoms with van der Waals surface area (Å²) in [6.07, 6.45) is 1.49. The van der Waals surface area contributed by atoms with Gasteiger partial charge in [0.15, 0.2) is 0 Å². The lowest BCUT2D eigenvalue weighted by Gasteiger charge is -2.18. The Labute approximate surface area is 150 Å². The smallest absolute Gasteiger partial charge is 0.266 e. The van der Waals surface area contributed by atoms with Crippen LogP contribution in [0.25, 0.3) is 6.08 Å². The van der Waals surface area contributed by atoms with Crippen LogP contribution in [0, 0.1) is 5.82 Å². The summed E-state index contributed by atoms with van der Waals surface area (Å²) in [5.74, 6) is -0.134. The second kappa shape index (κ2) is 6.76. The first kappa shape index (κ1) is 16.0. The number of amides is 1. The monoisotopic (exact) mass is 342 g/mol. The van der Waals surface area contributed by atoms with Gasteiger partial charge in [-0.05, 0) is 24.3 Å². The van der Waals surface area contributed by atoms with E-state index in [1.807, 2.05) is 60.7 Å². The number of benzene rings is 3. The summed E-state index contributed by atoms with van der Waals surface area (Å²) in [7, 11) is 0. The highest BCUT2D eigenvalue weighted by molar-refractivity contribution is 6.33. The van der Waals surface area contributed by atoms with Crippen LogP contribution in [0.5, 0.6) is 0 Å². The molecule has 0 bridgehead atoms. The molecule has 3 aromatic rings. The van der Waals surface area contributed by atoms with Crippen molar-refractivity contribution in [2.45, 2.75) is 0 Å². The van der Waals surface area contributed by atoms with E-state index in [0.717, 1.165) is 11.3 Å². The van der Waals surface area contributed by atoms with Crippen molar-refractivity contribution in [3.63, 3.8) is 0 Å². The van der Waals surface area contributed by atoms with Gasteiger partial charge in [-0.2, -0.15) is 0 Å². The van der Waals surface area contributed by atoms with Crippen LogP contribution in [0.3, 0.4) is 0 Å². The van der Waals surface area contributed by atoms with Crippen LogP contribution in [-0.2, 0) is 4.79 Å². The minimum atomic E-state index is -0.387. The average molecular weight is 342 g/mol. The number of carbonyl (C=O) groups is 1. The van der Waals surface area contributed by atoms with Crippen LogP contribution in [0.4, 0.5) is 10.1 Å². The maximum Gasteiger partial charge on any atom is 0.282 e. The van der Waals surface area contributed by atoms with E-state index in [2.05, 4.69) is 4.99 Å². The largest absolute Gasteiger partial charge is 0.282 e. The van der Waals surface area contributed by atoms with Gasteiger partial charge >= 0.3 is 0 Å². The van der Waals surface area contributed by atoms with Gasteiger partial charge in [0.1, 0.15) is 17.3 Å². The minimum absolute atomic E-state index is 0.206. The summed E-state index contributed by atoms with van der Waals surface area (Å²) in [5.41, 5.74) is 2.08. The lowest BCUT2D eigenvalue weighted by Crippen LogP contribution is -2.32. The molecular formula is C22H15FN2O. The van der Waals surface area contributed by atoms with Gasteiger partial charge in [-0.15, -0.1) is 0 Å². The molecule has 26 heavy (non-hydrogen) atoms. The van der Waals surface area contributed by atoms with Gasteiger partial charge in [-0.3, -0.25) is 9.69 Å². The second-order valence-corrected chi connectivity index (χ2v) is 5.83. The van der Waals surface area contributed by atoms with E-state index >= 15 is 0 Å². The molecule has 0 radical (unpaired) electrons. The predicted molar refractivity (Wildman–Crippen MR) is 101 cm³/mol. The molecule has 0 saturated heterocycles. The predicted octanol–water partition coefficient (Wildman–Crippen LogP) is 4.66. The number of nitrogens with zero attached hydrogens (tertiary/aromatic N) is 2. The molecule has 0 fully saturated rings. The number of amidine groups is 1. The second-order valence-electron chi connectivity index (χ2n) is 5.83. The first-order chi connectivity index (χ1) is 12.7. The Kier molecular flexibility index (Phi) is 4.15. The molecule has 1 aliphatic heterocycles. The summed E-state index contributed by atoms with van der Waals surface area (Å²) < 4.78 is 14.0. The molecule has 0 spiro atoms. The molecule has 1 aliphatic rings. The fourth-order valence-electron chi connectivity index (χ4n) is 2.85. The van der Waals surface area contributed by atoms with Gasteiger partial charge in [0.2, 0.25) is 0 Å². The molecule has 1 amide bonds. The third-order valence-electron chi connectivity index (χ3n) is 4.10. The van der Waals surface area contributed by atoms with Gasteiger partial charge in [-0.25, -0.2) is 9.38 Å². The zero-order valence-electron chi connectivity index (χ0n) is 13.8. The number of hydrogen-bond donors (Lipinski definition) is 0. The van der Waals surface area contributed by atoms with Crippen molar-refractivity contribution in [1.82, 2.24) is 0 Å². The number of aliphatic imine (C=N–C) groups is 1. The first-order valence-corrected chi connectivity index (χ1v) is 8.24. The number of halogens is 1. The maximum atomic E-state index is 14.0. The Bertz CT molecular complexity index is 1010. The van der Waals surface area contributed by atoms with Gasteiger partial charge in [0.25, 0.3) is 5.91 Å². The molecule has 1 heterocycles. The molecule has 126 valence electrons. The fourth-order valence-corrected chi connectivity index (χ4v) is 2.85. The van der Waals surface area contributed by atoms with E-state index in [1.165, 1.54) is 12.1 Å². The van der Waals surface area contributed by atoms with Crippen molar-refractivity contribution < 1.29 is 9.18 Å². The molecule has 0 aliphatic carbocycles. The van der Waals surface area contributed by atoms with E-state index in [-0.39, 0.29) is 17.4 Å². The molecule has 3 aromatic carbocycles. The SMILES string of the molecule is O=C1/C(=C\c2ccccc2F)N=C(c2ccccc2)N1c1ccccc1. The molecule has 0 saturated carbocycles. The highest BCUT2D eigenvalue weighted by Gasteiger charge is 2.32. The van der Waals surface area contributed by atoms with Crippen molar-refractivity contribution in [2.24, 2.45) is 4.99 Å². The quantitative estimate of drug-likeness (QED) is 0.637. The lowest BCUT2D eigenvalue weighted by molar-refractivity contribution is -0.113. The molecule has 4 heteroatoms. The highest BCUT2D eigenvalue weighted by atomic mass is 19.1. The van der Waals surface area contributed by atoms with Crippen LogP contribution in [0.2, 0.25) is 0 Å². The number of anilines is 1. The van der Waals surface area contributed by atoms with Crippen LogP contribution in [-0.4, -0.2) is 11.7 Å². The third kappa shape index (κ3) is 2.93. The summed E-state index contributed by atoms with van der Waals surface area (Å²) in [4.78, 5) is 19.1.